The van der Waals surface area contributed by atoms with E-state index in [-0.39, 0.29) is 12.5 Å². The molecule has 0 fully saturated rings. The molecule has 2 amide bonds. The first-order valence-electron chi connectivity index (χ1n) is 8.73. The van der Waals surface area contributed by atoms with Gasteiger partial charge in [0.25, 0.3) is 0 Å². The maximum atomic E-state index is 12.9. The van der Waals surface area contributed by atoms with Crippen molar-refractivity contribution in [3.8, 4) is 11.5 Å². The maximum Gasteiger partial charge on any atom is 0.322 e. The Morgan fingerprint density at radius 2 is 1.89 bits per heavy atom. The third kappa shape index (κ3) is 4.06. The molecule has 0 radical (unpaired) electrons. The highest BCUT2D eigenvalue weighted by Crippen LogP contribution is 2.39. The van der Waals surface area contributed by atoms with Crippen LogP contribution >= 0.6 is 15.9 Å². The summed E-state index contributed by atoms with van der Waals surface area (Å²) < 4.78 is 11.5. The van der Waals surface area contributed by atoms with Gasteiger partial charge in [-0.1, -0.05) is 12.1 Å². The number of rotatable bonds is 5. The van der Waals surface area contributed by atoms with Crippen LogP contribution in [-0.4, -0.2) is 42.8 Å². The largest absolute Gasteiger partial charge is 0.493 e. The predicted molar refractivity (Wildman–Crippen MR) is 108 cm³/mol. The topological polar surface area (TPSA) is 88.1 Å². The van der Waals surface area contributed by atoms with E-state index in [0.717, 1.165) is 15.6 Å². The van der Waals surface area contributed by atoms with Gasteiger partial charge in [0.15, 0.2) is 11.5 Å². The average Bonchev–Trinajstić information content (AvgIpc) is 2.68. The van der Waals surface area contributed by atoms with Crippen LogP contribution in [0.2, 0.25) is 0 Å². The van der Waals surface area contributed by atoms with Gasteiger partial charge in [-0.2, -0.15) is 0 Å². The van der Waals surface area contributed by atoms with Crippen molar-refractivity contribution < 1.29 is 24.2 Å². The summed E-state index contributed by atoms with van der Waals surface area (Å²) in [7, 11) is 3.08. The maximum absolute atomic E-state index is 12.9. The van der Waals surface area contributed by atoms with Crippen molar-refractivity contribution in [2.45, 2.75) is 18.9 Å². The Kier molecular flexibility index (Phi) is 6.08. The molecule has 0 saturated heterocycles. The molecule has 148 valence electrons. The lowest BCUT2D eigenvalue weighted by atomic mass is 9.90. The third-order valence-electron chi connectivity index (χ3n) is 4.75. The highest BCUT2D eigenvalue weighted by molar-refractivity contribution is 9.10. The second kappa shape index (κ2) is 8.52. The van der Waals surface area contributed by atoms with Crippen molar-refractivity contribution in [3.05, 3.63) is 52.0 Å². The summed E-state index contributed by atoms with van der Waals surface area (Å²) in [6, 6.07) is 9.93. The van der Waals surface area contributed by atoms with E-state index in [2.05, 4.69) is 21.2 Å². The number of ether oxygens (including phenoxy) is 2. The van der Waals surface area contributed by atoms with Crippen molar-refractivity contribution >= 4 is 33.6 Å². The molecule has 1 atom stereocenters. The fourth-order valence-corrected chi connectivity index (χ4v) is 3.79. The molecule has 1 aliphatic heterocycles. The van der Waals surface area contributed by atoms with Gasteiger partial charge < -0.3 is 24.8 Å². The average molecular weight is 449 g/mol. The number of carboxylic acids is 1. The Labute approximate surface area is 171 Å². The number of hydrogen-bond donors (Lipinski definition) is 2. The number of methoxy groups -OCH3 is 2. The summed E-state index contributed by atoms with van der Waals surface area (Å²) in [6.45, 7) is 0.400. The fraction of sp³-hybridized carbons (Fsp3) is 0.300. The molecule has 1 heterocycles. The minimum absolute atomic E-state index is 0.203. The van der Waals surface area contributed by atoms with Gasteiger partial charge in [-0.05, 0) is 57.7 Å². The van der Waals surface area contributed by atoms with E-state index in [9.17, 15) is 14.7 Å². The van der Waals surface area contributed by atoms with Gasteiger partial charge in [0, 0.05) is 11.0 Å². The molecule has 2 N–H and O–H groups in total. The van der Waals surface area contributed by atoms with Crippen LogP contribution in [0.5, 0.6) is 11.5 Å². The van der Waals surface area contributed by atoms with Gasteiger partial charge in [-0.25, -0.2) is 4.79 Å². The molecule has 0 spiro atoms. The van der Waals surface area contributed by atoms with Gasteiger partial charge in [0.2, 0.25) is 0 Å². The number of nitrogens with zero attached hydrogens (tertiary/aromatic N) is 1. The predicted octanol–water partition coefficient (Wildman–Crippen LogP) is 4.07. The van der Waals surface area contributed by atoms with Crippen molar-refractivity contribution in [1.82, 2.24) is 4.90 Å². The quantitative estimate of drug-likeness (QED) is 0.719. The molecular formula is C20H21BrN2O5. The number of para-hydroxylation sites is 1. The van der Waals surface area contributed by atoms with Gasteiger partial charge in [-0.15, -0.1) is 0 Å². The van der Waals surface area contributed by atoms with Crippen LogP contribution < -0.4 is 14.8 Å². The monoisotopic (exact) mass is 448 g/mol. The molecule has 2 aromatic rings. The number of carbonyl (C=O) groups excluding carboxylic acids is 1. The van der Waals surface area contributed by atoms with E-state index in [1.54, 1.807) is 24.1 Å². The molecule has 8 heteroatoms. The highest BCUT2D eigenvalue weighted by atomic mass is 79.9. The number of carbonyl (C=O) groups is 2. The number of benzene rings is 2. The first kappa shape index (κ1) is 20.0. The zero-order valence-electron chi connectivity index (χ0n) is 15.6. The normalized spacial score (nSPS) is 15.5. The van der Waals surface area contributed by atoms with Crippen LogP contribution in [0.4, 0.5) is 10.5 Å². The number of urea groups is 1. The molecule has 0 aliphatic carbocycles. The molecule has 0 aromatic heterocycles. The number of carboxylic acid groups (broad SMARTS) is 1. The molecule has 7 nitrogen and oxygen atoms in total. The lowest BCUT2D eigenvalue weighted by Crippen LogP contribution is -2.43. The van der Waals surface area contributed by atoms with Crippen LogP contribution in [0, 0.1) is 0 Å². The van der Waals surface area contributed by atoms with Gasteiger partial charge in [0.05, 0.1) is 32.4 Å². The minimum atomic E-state index is -0.980. The SMILES string of the molecule is COc1cc2c(cc1OC)[C@H](CC(=O)O)N(C(=O)Nc1ccccc1Br)CC2. The third-order valence-corrected chi connectivity index (χ3v) is 5.44. The van der Waals surface area contributed by atoms with Crippen molar-refractivity contribution in [1.29, 1.82) is 0 Å². The van der Waals surface area contributed by atoms with E-state index in [1.807, 2.05) is 24.3 Å². The van der Waals surface area contributed by atoms with Gasteiger partial charge >= 0.3 is 12.0 Å². The van der Waals surface area contributed by atoms with Crippen LogP contribution in [0.25, 0.3) is 0 Å². The minimum Gasteiger partial charge on any atom is -0.493 e. The van der Waals surface area contributed by atoms with Crippen LogP contribution in [0.1, 0.15) is 23.6 Å². The van der Waals surface area contributed by atoms with Crippen LogP contribution in [0.3, 0.4) is 0 Å². The van der Waals surface area contributed by atoms with E-state index in [0.29, 0.717) is 30.2 Å². The van der Waals surface area contributed by atoms with E-state index < -0.39 is 12.0 Å². The Morgan fingerprint density at radius 1 is 1.21 bits per heavy atom. The number of hydrogen-bond acceptors (Lipinski definition) is 4. The van der Waals surface area contributed by atoms with E-state index in [4.69, 9.17) is 9.47 Å². The summed E-state index contributed by atoms with van der Waals surface area (Å²) in [6.07, 6.45) is 0.390. The summed E-state index contributed by atoms with van der Waals surface area (Å²) in [5, 5.41) is 12.3. The zero-order valence-corrected chi connectivity index (χ0v) is 17.2. The smallest absolute Gasteiger partial charge is 0.322 e. The van der Waals surface area contributed by atoms with Gasteiger partial charge in [0.1, 0.15) is 0 Å². The highest BCUT2D eigenvalue weighted by Gasteiger charge is 2.34. The summed E-state index contributed by atoms with van der Waals surface area (Å²) in [4.78, 5) is 26.0. The van der Waals surface area contributed by atoms with Crippen LogP contribution in [0.15, 0.2) is 40.9 Å². The van der Waals surface area contributed by atoms with Crippen molar-refractivity contribution in [3.63, 3.8) is 0 Å². The summed E-state index contributed by atoms with van der Waals surface area (Å²) in [5.41, 5.74) is 2.34. The van der Waals surface area contributed by atoms with Crippen molar-refractivity contribution in [2.75, 3.05) is 26.1 Å². The first-order valence-corrected chi connectivity index (χ1v) is 9.52. The fourth-order valence-electron chi connectivity index (χ4n) is 3.41. The van der Waals surface area contributed by atoms with Gasteiger partial charge in [-0.3, -0.25) is 4.79 Å². The molecule has 3 rings (SSSR count). The number of aliphatic carboxylic acids is 1. The Morgan fingerprint density at radius 3 is 2.54 bits per heavy atom. The second-order valence-electron chi connectivity index (χ2n) is 6.37. The molecule has 0 saturated carbocycles. The number of anilines is 1. The van der Waals surface area contributed by atoms with E-state index in [1.165, 1.54) is 7.11 Å². The lowest BCUT2D eigenvalue weighted by molar-refractivity contribution is -0.138. The van der Waals surface area contributed by atoms with Crippen molar-refractivity contribution in [2.24, 2.45) is 0 Å². The molecule has 2 aromatic carbocycles. The molecule has 0 unspecified atom stereocenters. The molecule has 1 aliphatic rings. The lowest BCUT2D eigenvalue weighted by Gasteiger charge is -2.37. The Balaban J connectivity index is 1.95. The van der Waals surface area contributed by atoms with Crippen LogP contribution in [-0.2, 0) is 11.2 Å². The standard InChI is InChI=1S/C20H21BrN2O5/c1-27-17-9-12-7-8-23(20(26)22-15-6-4-3-5-14(15)21)16(11-19(24)25)13(12)10-18(17)28-2/h3-6,9-10,16H,7-8,11H2,1-2H3,(H,22,26)(H,24,25)/t16-/m0/s1. The number of halogens is 1. The number of nitrogens with one attached hydrogen (secondary N) is 1. The second-order valence-corrected chi connectivity index (χ2v) is 7.23. The summed E-state index contributed by atoms with van der Waals surface area (Å²) in [5.74, 6) is 0.109. The molecular weight excluding hydrogens is 428 g/mol. The van der Waals surface area contributed by atoms with E-state index >= 15 is 0 Å². The first-order chi connectivity index (χ1) is 13.4. The summed E-state index contributed by atoms with van der Waals surface area (Å²) >= 11 is 3.41. The Hall–Kier alpha value is -2.74. The number of amides is 2. The molecule has 28 heavy (non-hydrogen) atoms. The zero-order chi connectivity index (χ0) is 20.3. The Bertz CT molecular complexity index is 902. The molecule has 0 bridgehead atoms. The number of fused-ring (bicyclic) bond motifs is 1.